The number of rotatable bonds is 4. The fraction of sp³-hybridized carbons (Fsp3) is 0.294. The lowest BCUT2D eigenvalue weighted by Gasteiger charge is -2.21. The van der Waals surface area contributed by atoms with Crippen LogP contribution in [0.2, 0.25) is 0 Å². The molecular weight excluding hydrogens is 256 g/mol. The maximum Gasteiger partial charge on any atom is 0.128 e. The Morgan fingerprint density at radius 2 is 1.70 bits per heavy atom. The van der Waals surface area contributed by atoms with E-state index in [0.29, 0.717) is 12.1 Å². The Hall–Kier alpha value is -1.74. The van der Waals surface area contributed by atoms with Crippen LogP contribution in [0.4, 0.5) is 8.78 Å². The first kappa shape index (κ1) is 14.7. The number of aryl methyl sites for hydroxylation is 2. The van der Waals surface area contributed by atoms with Crippen molar-refractivity contribution in [2.45, 2.75) is 26.8 Å². The van der Waals surface area contributed by atoms with Gasteiger partial charge in [0.05, 0.1) is 6.04 Å². The Labute approximate surface area is 118 Å². The lowest BCUT2D eigenvalue weighted by Crippen LogP contribution is -2.23. The molecule has 0 fully saturated rings. The monoisotopic (exact) mass is 275 g/mol. The minimum atomic E-state index is -0.272. The van der Waals surface area contributed by atoms with E-state index in [1.807, 2.05) is 26.8 Å². The van der Waals surface area contributed by atoms with Gasteiger partial charge in [0.1, 0.15) is 11.6 Å². The van der Waals surface area contributed by atoms with Crippen LogP contribution in [0.25, 0.3) is 0 Å². The third kappa shape index (κ3) is 3.05. The predicted molar refractivity (Wildman–Crippen MR) is 77.8 cm³/mol. The van der Waals surface area contributed by atoms with Crippen LogP contribution in [0.1, 0.15) is 35.2 Å². The third-order valence-electron chi connectivity index (χ3n) is 3.42. The summed E-state index contributed by atoms with van der Waals surface area (Å²) in [7, 11) is 0. The molecule has 0 saturated heterocycles. The maximum atomic E-state index is 14.2. The van der Waals surface area contributed by atoms with Crippen LogP contribution in [0, 0.1) is 25.5 Å². The number of hydrogen-bond donors (Lipinski definition) is 1. The van der Waals surface area contributed by atoms with Crippen molar-refractivity contribution in [3.8, 4) is 0 Å². The molecule has 0 saturated carbocycles. The van der Waals surface area contributed by atoms with Gasteiger partial charge in [-0.05, 0) is 55.3 Å². The second kappa shape index (κ2) is 6.14. The first-order valence-corrected chi connectivity index (χ1v) is 6.78. The molecule has 2 aromatic rings. The molecule has 1 N–H and O–H groups in total. The molecule has 1 atom stereocenters. The summed E-state index contributed by atoms with van der Waals surface area (Å²) >= 11 is 0. The number of nitrogens with one attached hydrogen (secondary N) is 1. The molecule has 1 unspecified atom stereocenters. The van der Waals surface area contributed by atoms with Crippen molar-refractivity contribution in [1.29, 1.82) is 0 Å². The Morgan fingerprint density at radius 1 is 1.00 bits per heavy atom. The highest BCUT2D eigenvalue weighted by atomic mass is 19.1. The molecule has 20 heavy (non-hydrogen) atoms. The van der Waals surface area contributed by atoms with Crippen LogP contribution < -0.4 is 5.32 Å². The fourth-order valence-corrected chi connectivity index (χ4v) is 2.42. The second-order valence-corrected chi connectivity index (χ2v) is 5.02. The fourth-order valence-electron chi connectivity index (χ4n) is 2.42. The summed E-state index contributed by atoms with van der Waals surface area (Å²) in [6.07, 6.45) is 0. The largest absolute Gasteiger partial charge is 0.306 e. The third-order valence-corrected chi connectivity index (χ3v) is 3.42. The molecule has 0 spiro atoms. The quantitative estimate of drug-likeness (QED) is 0.878. The molecule has 0 aromatic heterocycles. The van der Waals surface area contributed by atoms with E-state index in [-0.39, 0.29) is 17.7 Å². The van der Waals surface area contributed by atoms with Crippen LogP contribution in [-0.4, -0.2) is 6.54 Å². The molecule has 0 aliphatic rings. The second-order valence-electron chi connectivity index (χ2n) is 5.02. The summed E-state index contributed by atoms with van der Waals surface area (Å²) in [5.41, 5.74) is 3.19. The Morgan fingerprint density at radius 3 is 2.30 bits per heavy atom. The van der Waals surface area contributed by atoms with E-state index in [0.717, 1.165) is 16.7 Å². The Bertz CT molecular complexity index is 556. The number of hydrogen-bond acceptors (Lipinski definition) is 1. The van der Waals surface area contributed by atoms with Crippen molar-refractivity contribution in [2.75, 3.05) is 6.54 Å². The van der Waals surface area contributed by atoms with Gasteiger partial charge in [-0.2, -0.15) is 0 Å². The van der Waals surface area contributed by atoms with E-state index in [1.54, 1.807) is 12.1 Å². The van der Waals surface area contributed by atoms with Crippen LogP contribution >= 0.6 is 0 Å². The van der Waals surface area contributed by atoms with Gasteiger partial charge in [0, 0.05) is 5.56 Å². The van der Waals surface area contributed by atoms with E-state index in [9.17, 15) is 8.78 Å². The molecule has 3 heteroatoms. The lowest BCUT2D eigenvalue weighted by molar-refractivity contribution is 0.555. The van der Waals surface area contributed by atoms with Crippen molar-refractivity contribution >= 4 is 0 Å². The van der Waals surface area contributed by atoms with Crippen molar-refractivity contribution in [2.24, 2.45) is 0 Å². The average molecular weight is 275 g/mol. The molecule has 0 bridgehead atoms. The van der Waals surface area contributed by atoms with Gasteiger partial charge in [-0.1, -0.05) is 25.1 Å². The van der Waals surface area contributed by atoms with E-state index >= 15 is 0 Å². The summed E-state index contributed by atoms with van der Waals surface area (Å²) in [5.74, 6) is -0.509. The van der Waals surface area contributed by atoms with Crippen molar-refractivity contribution in [3.05, 3.63) is 70.3 Å². The maximum absolute atomic E-state index is 14.2. The van der Waals surface area contributed by atoms with Crippen LogP contribution in [0.15, 0.2) is 36.4 Å². The summed E-state index contributed by atoms with van der Waals surface area (Å²) in [6.45, 7) is 6.37. The molecule has 0 aliphatic heterocycles. The first-order valence-electron chi connectivity index (χ1n) is 6.78. The van der Waals surface area contributed by atoms with Gasteiger partial charge in [-0.25, -0.2) is 8.78 Å². The van der Waals surface area contributed by atoms with Gasteiger partial charge < -0.3 is 5.32 Å². The first-order chi connectivity index (χ1) is 9.52. The minimum absolute atomic E-state index is 0.236. The molecule has 2 rings (SSSR count). The van der Waals surface area contributed by atoms with Gasteiger partial charge in [0.25, 0.3) is 0 Å². The summed E-state index contributed by atoms with van der Waals surface area (Å²) < 4.78 is 27.4. The highest BCUT2D eigenvalue weighted by molar-refractivity contribution is 5.38. The van der Waals surface area contributed by atoms with Crippen molar-refractivity contribution < 1.29 is 8.78 Å². The van der Waals surface area contributed by atoms with Gasteiger partial charge in [0.2, 0.25) is 0 Å². The molecule has 1 nitrogen and oxygen atoms in total. The van der Waals surface area contributed by atoms with E-state index < -0.39 is 0 Å². The molecule has 0 aliphatic carbocycles. The highest BCUT2D eigenvalue weighted by Gasteiger charge is 2.19. The number of benzene rings is 2. The van der Waals surface area contributed by atoms with E-state index in [2.05, 4.69) is 5.32 Å². The van der Waals surface area contributed by atoms with Crippen LogP contribution in [-0.2, 0) is 0 Å². The normalized spacial score (nSPS) is 12.4. The van der Waals surface area contributed by atoms with E-state index in [4.69, 9.17) is 0 Å². The molecule has 0 amide bonds. The lowest BCUT2D eigenvalue weighted by atomic mass is 9.94. The van der Waals surface area contributed by atoms with Gasteiger partial charge >= 0.3 is 0 Å². The van der Waals surface area contributed by atoms with Gasteiger partial charge in [-0.15, -0.1) is 0 Å². The predicted octanol–water partition coefficient (Wildman–Crippen LogP) is 4.28. The molecule has 106 valence electrons. The molecule has 2 aromatic carbocycles. The minimum Gasteiger partial charge on any atom is -0.306 e. The number of halogens is 2. The standard InChI is InChI=1S/C17H19F2N/c1-4-20-17(14-8-6-13(18)10-12(14)3)15-7-5-11(2)9-16(15)19/h5-10,17,20H,4H2,1-3H3. The van der Waals surface area contributed by atoms with Gasteiger partial charge in [0.15, 0.2) is 0 Å². The topological polar surface area (TPSA) is 12.0 Å². The SMILES string of the molecule is CCNC(c1ccc(F)cc1C)c1ccc(C)cc1F. The highest BCUT2D eigenvalue weighted by Crippen LogP contribution is 2.27. The summed E-state index contributed by atoms with van der Waals surface area (Å²) in [4.78, 5) is 0. The molecule has 0 radical (unpaired) electrons. The average Bonchev–Trinajstić information content (AvgIpc) is 2.37. The zero-order chi connectivity index (χ0) is 14.7. The smallest absolute Gasteiger partial charge is 0.128 e. The molecule has 0 heterocycles. The van der Waals surface area contributed by atoms with Crippen molar-refractivity contribution in [1.82, 2.24) is 5.32 Å². The zero-order valence-corrected chi connectivity index (χ0v) is 12.0. The van der Waals surface area contributed by atoms with Crippen LogP contribution in [0.3, 0.4) is 0 Å². The van der Waals surface area contributed by atoms with Gasteiger partial charge in [-0.3, -0.25) is 0 Å². The summed E-state index contributed by atoms with van der Waals surface area (Å²) in [6, 6.07) is 9.56. The summed E-state index contributed by atoms with van der Waals surface area (Å²) in [5, 5.41) is 3.27. The zero-order valence-electron chi connectivity index (χ0n) is 12.0. The Kier molecular flexibility index (Phi) is 4.50. The Balaban J connectivity index is 2.50. The van der Waals surface area contributed by atoms with Crippen molar-refractivity contribution in [3.63, 3.8) is 0 Å². The molecular formula is C17H19F2N. The van der Waals surface area contributed by atoms with Crippen LogP contribution in [0.5, 0.6) is 0 Å². The van der Waals surface area contributed by atoms with E-state index in [1.165, 1.54) is 18.2 Å².